The molecule has 1 aromatic rings. The van der Waals surface area contributed by atoms with Gasteiger partial charge < -0.3 is 15.7 Å². The molecule has 1 heterocycles. The summed E-state index contributed by atoms with van der Waals surface area (Å²) in [7, 11) is 0. The molecule has 1 aliphatic heterocycles. The highest BCUT2D eigenvalue weighted by molar-refractivity contribution is 5.87. The van der Waals surface area contributed by atoms with Crippen LogP contribution >= 0.6 is 0 Å². The first-order valence-corrected chi connectivity index (χ1v) is 5.86. The predicted octanol–water partition coefficient (Wildman–Crippen LogP) is 0.582. The van der Waals surface area contributed by atoms with Crippen molar-refractivity contribution < 1.29 is 14.7 Å². The Morgan fingerprint density at radius 1 is 1.33 bits per heavy atom. The van der Waals surface area contributed by atoms with E-state index in [4.69, 9.17) is 5.73 Å². The van der Waals surface area contributed by atoms with E-state index in [1.807, 2.05) is 0 Å². The summed E-state index contributed by atoms with van der Waals surface area (Å²) in [5.74, 6) is -0.538. The molecule has 0 saturated carbocycles. The first kappa shape index (κ1) is 12.4. The summed E-state index contributed by atoms with van der Waals surface area (Å²) >= 11 is 0. The monoisotopic (exact) mass is 248 g/mol. The quantitative estimate of drug-likeness (QED) is 0.803. The first-order chi connectivity index (χ1) is 8.50. The molecule has 0 spiro atoms. The number of primary amides is 1. The van der Waals surface area contributed by atoms with Gasteiger partial charge in [0.25, 0.3) is 0 Å². The van der Waals surface area contributed by atoms with Gasteiger partial charge in [0.1, 0.15) is 11.8 Å². The van der Waals surface area contributed by atoms with Crippen LogP contribution in [0.4, 0.5) is 0 Å². The van der Waals surface area contributed by atoms with Crippen molar-refractivity contribution in [1.29, 1.82) is 0 Å². The number of aromatic hydroxyl groups is 1. The van der Waals surface area contributed by atoms with Crippen molar-refractivity contribution in [2.45, 2.75) is 25.3 Å². The van der Waals surface area contributed by atoms with Crippen molar-refractivity contribution >= 4 is 11.8 Å². The van der Waals surface area contributed by atoms with E-state index in [2.05, 4.69) is 0 Å². The number of phenolic OH excluding ortho intramolecular Hbond substituents is 1. The molecule has 1 fully saturated rings. The second-order valence-electron chi connectivity index (χ2n) is 4.55. The van der Waals surface area contributed by atoms with Gasteiger partial charge in [-0.05, 0) is 24.1 Å². The number of likely N-dealkylation sites (tertiary alicyclic amines) is 1. The van der Waals surface area contributed by atoms with Crippen LogP contribution in [-0.2, 0) is 9.59 Å². The maximum atomic E-state index is 11.5. The normalized spacial score (nSPS) is 23.1. The van der Waals surface area contributed by atoms with Gasteiger partial charge >= 0.3 is 0 Å². The summed E-state index contributed by atoms with van der Waals surface area (Å²) in [5, 5.41) is 9.26. The number of carbonyl (C=O) groups is 2. The molecule has 5 nitrogen and oxygen atoms in total. The predicted molar refractivity (Wildman–Crippen MR) is 65.8 cm³/mol. The Morgan fingerprint density at radius 3 is 2.44 bits per heavy atom. The standard InChI is InChI=1S/C13H16N2O3/c1-8(16)15-7-6-11(12(15)13(14)18)9-2-4-10(17)5-3-9/h2-5,11-12,17H,6-7H2,1H3,(H2,14,18)/t11-,12+/m1/s1. The van der Waals surface area contributed by atoms with Gasteiger partial charge in [-0.1, -0.05) is 12.1 Å². The summed E-state index contributed by atoms with van der Waals surface area (Å²) in [6, 6.07) is 6.08. The molecular formula is C13H16N2O3. The fourth-order valence-electron chi connectivity index (χ4n) is 2.57. The highest BCUT2D eigenvalue weighted by Gasteiger charge is 2.40. The maximum absolute atomic E-state index is 11.5. The number of nitrogens with zero attached hydrogens (tertiary/aromatic N) is 1. The van der Waals surface area contributed by atoms with Crippen LogP contribution in [0.25, 0.3) is 0 Å². The summed E-state index contributed by atoms with van der Waals surface area (Å²) in [5.41, 5.74) is 6.32. The van der Waals surface area contributed by atoms with Crippen LogP contribution in [0, 0.1) is 0 Å². The fourth-order valence-corrected chi connectivity index (χ4v) is 2.57. The van der Waals surface area contributed by atoms with Crippen LogP contribution in [-0.4, -0.2) is 34.4 Å². The second kappa shape index (κ2) is 4.68. The average Bonchev–Trinajstić information content (AvgIpc) is 2.74. The SMILES string of the molecule is CC(=O)N1CC[C@H](c2ccc(O)cc2)[C@H]1C(N)=O. The van der Waals surface area contributed by atoms with Gasteiger partial charge in [-0.2, -0.15) is 0 Å². The van der Waals surface area contributed by atoms with Crippen LogP contribution in [0.2, 0.25) is 0 Å². The number of rotatable bonds is 2. The maximum Gasteiger partial charge on any atom is 0.240 e. The number of nitrogens with two attached hydrogens (primary N) is 1. The van der Waals surface area contributed by atoms with E-state index >= 15 is 0 Å². The Kier molecular flexibility index (Phi) is 3.23. The zero-order valence-electron chi connectivity index (χ0n) is 10.2. The molecule has 5 heteroatoms. The molecule has 0 radical (unpaired) electrons. The van der Waals surface area contributed by atoms with Gasteiger partial charge in [0.05, 0.1) is 0 Å². The molecule has 0 bridgehead atoms. The highest BCUT2D eigenvalue weighted by atomic mass is 16.3. The molecule has 2 atom stereocenters. The Labute approximate surface area is 105 Å². The third-order valence-corrected chi connectivity index (χ3v) is 3.42. The largest absolute Gasteiger partial charge is 0.508 e. The van der Waals surface area contributed by atoms with Crippen LogP contribution in [0.3, 0.4) is 0 Å². The van der Waals surface area contributed by atoms with E-state index < -0.39 is 11.9 Å². The van der Waals surface area contributed by atoms with E-state index in [-0.39, 0.29) is 17.6 Å². The minimum Gasteiger partial charge on any atom is -0.508 e. The molecule has 0 aliphatic carbocycles. The summed E-state index contributed by atoms with van der Waals surface area (Å²) in [6.45, 7) is 1.98. The molecule has 0 aromatic heterocycles. The molecule has 0 unspecified atom stereocenters. The van der Waals surface area contributed by atoms with Crippen molar-refractivity contribution in [3.8, 4) is 5.75 Å². The van der Waals surface area contributed by atoms with Gasteiger partial charge in [0, 0.05) is 19.4 Å². The molecular weight excluding hydrogens is 232 g/mol. The van der Waals surface area contributed by atoms with Crippen molar-refractivity contribution in [1.82, 2.24) is 4.90 Å². The van der Waals surface area contributed by atoms with Gasteiger partial charge in [0.15, 0.2) is 0 Å². The molecule has 2 rings (SSSR count). The number of hydrogen-bond donors (Lipinski definition) is 2. The van der Waals surface area contributed by atoms with Crippen LogP contribution in [0.5, 0.6) is 5.75 Å². The molecule has 1 aliphatic rings. The van der Waals surface area contributed by atoms with Crippen LogP contribution < -0.4 is 5.73 Å². The molecule has 1 aromatic carbocycles. The van der Waals surface area contributed by atoms with Crippen molar-refractivity contribution in [3.63, 3.8) is 0 Å². The zero-order valence-corrected chi connectivity index (χ0v) is 10.2. The number of benzene rings is 1. The van der Waals surface area contributed by atoms with E-state index in [1.165, 1.54) is 11.8 Å². The lowest BCUT2D eigenvalue weighted by Gasteiger charge is -2.24. The lowest BCUT2D eigenvalue weighted by atomic mass is 9.91. The third kappa shape index (κ3) is 2.16. The lowest BCUT2D eigenvalue weighted by molar-refractivity contribution is -0.135. The zero-order chi connectivity index (χ0) is 13.3. The van der Waals surface area contributed by atoms with E-state index in [1.54, 1.807) is 24.3 Å². The summed E-state index contributed by atoms with van der Waals surface area (Å²) in [6.07, 6.45) is 0.706. The Balaban J connectivity index is 2.30. The van der Waals surface area contributed by atoms with Crippen LogP contribution in [0.1, 0.15) is 24.8 Å². The number of amides is 2. The Morgan fingerprint density at radius 2 is 1.94 bits per heavy atom. The fraction of sp³-hybridized carbons (Fsp3) is 0.385. The minimum atomic E-state index is -0.591. The third-order valence-electron chi connectivity index (χ3n) is 3.42. The van der Waals surface area contributed by atoms with Crippen molar-refractivity contribution in [3.05, 3.63) is 29.8 Å². The summed E-state index contributed by atoms with van der Waals surface area (Å²) < 4.78 is 0. The van der Waals surface area contributed by atoms with Crippen molar-refractivity contribution in [2.24, 2.45) is 5.73 Å². The van der Waals surface area contributed by atoms with E-state index in [9.17, 15) is 14.7 Å². The Bertz CT molecular complexity index is 470. The molecule has 18 heavy (non-hydrogen) atoms. The first-order valence-electron chi connectivity index (χ1n) is 5.86. The minimum absolute atomic E-state index is 0.0907. The number of phenols is 1. The van der Waals surface area contributed by atoms with Gasteiger partial charge in [-0.25, -0.2) is 0 Å². The number of carbonyl (C=O) groups excluding carboxylic acids is 2. The Hall–Kier alpha value is -2.04. The van der Waals surface area contributed by atoms with Gasteiger partial charge in [0.2, 0.25) is 11.8 Å². The lowest BCUT2D eigenvalue weighted by Crippen LogP contribution is -2.45. The molecule has 1 saturated heterocycles. The van der Waals surface area contributed by atoms with E-state index in [0.29, 0.717) is 13.0 Å². The van der Waals surface area contributed by atoms with Gasteiger partial charge in [-0.15, -0.1) is 0 Å². The van der Waals surface area contributed by atoms with E-state index in [0.717, 1.165) is 5.56 Å². The molecule has 96 valence electrons. The van der Waals surface area contributed by atoms with Gasteiger partial charge in [-0.3, -0.25) is 9.59 Å². The number of hydrogen-bond acceptors (Lipinski definition) is 3. The van der Waals surface area contributed by atoms with Crippen molar-refractivity contribution in [2.75, 3.05) is 6.54 Å². The molecule has 2 amide bonds. The average molecular weight is 248 g/mol. The molecule has 3 N–H and O–H groups in total. The second-order valence-corrected chi connectivity index (χ2v) is 4.55. The summed E-state index contributed by atoms with van der Waals surface area (Å²) in [4.78, 5) is 24.5. The smallest absolute Gasteiger partial charge is 0.240 e. The highest BCUT2D eigenvalue weighted by Crippen LogP contribution is 2.34. The topological polar surface area (TPSA) is 83.6 Å². The van der Waals surface area contributed by atoms with Crippen LogP contribution in [0.15, 0.2) is 24.3 Å².